The van der Waals surface area contributed by atoms with Crippen molar-refractivity contribution < 1.29 is 19.8 Å². The Hall–Kier alpha value is -1.72. The summed E-state index contributed by atoms with van der Waals surface area (Å²) in [6.07, 6.45) is -1.58. The van der Waals surface area contributed by atoms with E-state index >= 15 is 0 Å². The summed E-state index contributed by atoms with van der Waals surface area (Å²) in [6, 6.07) is 5.02. The number of aryl methyl sites for hydroxylation is 1. The van der Waals surface area contributed by atoms with Gasteiger partial charge >= 0.3 is 0 Å². The molecule has 0 aromatic heterocycles. The van der Waals surface area contributed by atoms with Crippen LogP contribution in [-0.2, 0) is 11.2 Å². The summed E-state index contributed by atoms with van der Waals surface area (Å²) >= 11 is 0. The number of primary amides is 1. The average Bonchev–Trinajstić information content (AvgIpc) is 2.69. The number of benzene rings is 1. The summed E-state index contributed by atoms with van der Waals surface area (Å²) in [5, 5.41) is 19.5. The molecule has 0 bridgehead atoms. The molecule has 1 aliphatic rings. The maximum atomic E-state index is 11.6. The van der Waals surface area contributed by atoms with Crippen molar-refractivity contribution in [2.24, 2.45) is 5.73 Å². The molecule has 2 rings (SSSR count). The lowest BCUT2D eigenvalue weighted by Gasteiger charge is -2.17. The lowest BCUT2D eigenvalue weighted by Crippen LogP contribution is -2.25. The first-order chi connectivity index (χ1) is 8.49. The number of fused-ring (bicyclic) bond motifs is 1. The van der Waals surface area contributed by atoms with E-state index in [9.17, 15) is 19.8 Å². The van der Waals surface area contributed by atoms with Crippen LogP contribution in [0.1, 0.15) is 40.4 Å². The van der Waals surface area contributed by atoms with Gasteiger partial charge in [0.05, 0.1) is 12.5 Å². The van der Waals surface area contributed by atoms with E-state index < -0.39 is 18.1 Å². The van der Waals surface area contributed by atoms with Gasteiger partial charge in [-0.05, 0) is 23.6 Å². The molecule has 0 radical (unpaired) electrons. The van der Waals surface area contributed by atoms with Gasteiger partial charge in [-0.2, -0.15) is 0 Å². The molecule has 0 aliphatic heterocycles. The maximum Gasteiger partial charge on any atom is 0.220 e. The Balaban J connectivity index is 2.21. The Kier molecular flexibility index (Phi) is 3.45. The lowest BCUT2D eigenvalue weighted by atomic mass is 9.98. The highest BCUT2D eigenvalue weighted by Crippen LogP contribution is 2.27. The molecule has 5 heteroatoms. The number of hydrogen-bond donors (Lipinski definition) is 3. The molecule has 1 amide bonds. The van der Waals surface area contributed by atoms with Crippen LogP contribution in [-0.4, -0.2) is 28.0 Å². The predicted molar refractivity (Wildman–Crippen MR) is 63.9 cm³/mol. The number of rotatable bonds is 4. The van der Waals surface area contributed by atoms with E-state index in [1.807, 2.05) is 0 Å². The Morgan fingerprint density at radius 1 is 1.33 bits per heavy atom. The van der Waals surface area contributed by atoms with Crippen LogP contribution in [0.25, 0.3) is 0 Å². The molecule has 2 unspecified atom stereocenters. The van der Waals surface area contributed by atoms with E-state index in [0.29, 0.717) is 24.0 Å². The van der Waals surface area contributed by atoms with Gasteiger partial charge in [-0.15, -0.1) is 0 Å². The number of Topliss-reactive ketones (excluding diaryl/α,β-unsaturated/α-hetero) is 1. The highest BCUT2D eigenvalue weighted by atomic mass is 16.3. The zero-order chi connectivity index (χ0) is 13.3. The van der Waals surface area contributed by atoms with Crippen LogP contribution in [0.2, 0.25) is 0 Å². The fourth-order valence-electron chi connectivity index (χ4n) is 2.18. The first-order valence-corrected chi connectivity index (χ1v) is 5.79. The van der Waals surface area contributed by atoms with Crippen molar-refractivity contribution in [1.82, 2.24) is 0 Å². The van der Waals surface area contributed by atoms with Crippen molar-refractivity contribution in [3.8, 4) is 0 Å². The largest absolute Gasteiger partial charge is 0.390 e. The Labute approximate surface area is 104 Å². The van der Waals surface area contributed by atoms with Crippen molar-refractivity contribution in [3.05, 3.63) is 34.9 Å². The number of aliphatic hydroxyl groups excluding tert-OH is 2. The fourth-order valence-corrected chi connectivity index (χ4v) is 2.18. The van der Waals surface area contributed by atoms with Gasteiger partial charge in [0.1, 0.15) is 6.10 Å². The van der Waals surface area contributed by atoms with E-state index in [1.54, 1.807) is 18.2 Å². The third-order valence-electron chi connectivity index (χ3n) is 3.17. The van der Waals surface area contributed by atoms with Gasteiger partial charge in [0.2, 0.25) is 5.91 Å². The topological polar surface area (TPSA) is 101 Å². The van der Waals surface area contributed by atoms with E-state index in [2.05, 4.69) is 0 Å². The summed E-state index contributed by atoms with van der Waals surface area (Å²) in [4.78, 5) is 22.3. The predicted octanol–water partition coefficient (Wildman–Crippen LogP) is 0.0852. The van der Waals surface area contributed by atoms with Crippen LogP contribution in [0.15, 0.2) is 18.2 Å². The molecule has 1 aromatic rings. The average molecular weight is 249 g/mol. The van der Waals surface area contributed by atoms with E-state index in [1.165, 1.54) is 0 Å². The van der Waals surface area contributed by atoms with Gasteiger partial charge in [-0.1, -0.05) is 12.1 Å². The molecule has 5 nitrogen and oxygen atoms in total. The normalized spacial score (nSPS) is 17.3. The van der Waals surface area contributed by atoms with Crippen LogP contribution in [0.5, 0.6) is 0 Å². The third kappa shape index (κ3) is 2.42. The van der Waals surface area contributed by atoms with E-state index in [-0.39, 0.29) is 12.2 Å². The summed E-state index contributed by atoms with van der Waals surface area (Å²) in [7, 11) is 0. The molecule has 0 saturated carbocycles. The molecule has 0 heterocycles. The number of carbonyl (C=O) groups excluding carboxylic acids is 2. The molecule has 0 fully saturated rings. The van der Waals surface area contributed by atoms with Gasteiger partial charge in [0, 0.05) is 12.0 Å². The molecule has 1 aliphatic carbocycles. The first-order valence-electron chi connectivity index (χ1n) is 5.79. The highest BCUT2D eigenvalue weighted by Gasteiger charge is 2.24. The monoisotopic (exact) mass is 249 g/mol. The zero-order valence-electron chi connectivity index (χ0n) is 9.80. The third-order valence-corrected chi connectivity index (χ3v) is 3.17. The van der Waals surface area contributed by atoms with Crippen LogP contribution in [0.3, 0.4) is 0 Å². The zero-order valence-corrected chi connectivity index (χ0v) is 9.80. The Bertz CT molecular complexity index is 498. The van der Waals surface area contributed by atoms with Crippen molar-refractivity contribution in [3.63, 3.8) is 0 Å². The number of amides is 1. The van der Waals surface area contributed by atoms with Crippen LogP contribution >= 0.6 is 0 Å². The van der Waals surface area contributed by atoms with Crippen molar-refractivity contribution in [2.45, 2.75) is 31.5 Å². The minimum Gasteiger partial charge on any atom is -0.390 e. The van der Waals surface area contributed by atoms with Crippen LogP contribution < -0.4 is 5.73 Å². The second-order valence-electron chi connectivity index (χ2n) is 4.52. The first kappa shape index (κ1) is 12.7. The standard InChI is InChI=1S/C13H15NO4/c14-12(17)6-11(16)13(18)8-2-1-7-3-4-10(15)9(7)5-8/h1-2,5,11,13,16,18H,3-4,6H2,(H2,14,17). The van der Waals surface area contributed by atoms with Gasteiger partial charge < -0.3 is 15.9 Å². The Morgan fingerprint density at radius 2 is 2.06 bits per heavy atom. The number of carbonyl (C=O) groups is 2. The highest BCUT2D eigenvalue weighted by molar-refractivity contribution is 6.00. The number of nitrogens with two attached hydrogens (primary N) is 1. The summed E-state index contributed by atoms with van der Waals surface area (Å²) in [5.74, 6) is -0.637. The van der Waals surface area contributed by atoms with Gasteiger partial charge in [-0.25, -0.2) is 0 Å². The molecule has 1 aromatic carbocycles. The smallest absolute Gasteiger partial charge is 0.220 e. The molecule has 2 atom stereocenters. The summed E-state index contributed by atoms with van der Waals surface area (Å²) < 4.78 is 0. The molecule has 0 saturated heterocycles. The second kappa shape index (κ2) is 4.88. The number of hydrogen-bond acceptors (Lipinski definition) is 4. The van der Waals surface area contributed by atoms with Gasteiger partial charge in [-0.3, -0.25) is 9.59 Å². The van der Waals surface area contributed by atoms with Crippen LogP contribution in [0.4, 0.5) is 0 Å². The molecular weight excluding hydrogens is 234 g/mol. The molecule has 0 spiro atoms. The molecule has 18 heavy (non-hydrogen) atoms. The van der Waals surface area contributed by atoms with Crippen molar-refractivity contribution >= 4 is 11.7 Å². The van der Waals surface area contributed by atoms with Crippen LogP contribution in [0, 0.1) is 0 Å². The molecule has 96 valence electrons. The van der Waals surface area contributed by atoms with Crippen molar-refractivity contribution in [1.29, 1.82) is 0 Å². The van der Waals surface area contributed by atoms with Crippen molar-refractivity contribution in [2.75, 3.05) is 0 Å². The van der Waals surface area contributed by atoms with E-state index in [0.717, 1.165) is 5.56 Å². The SMILES string of the molecule is NC(=O)CC(O)C(O)c1ccc2c(c1)C(=O)CC2. The number of ketones is 1. The minimum absolute atomic E-state index is 0.0449. The molecular formula is C13H15NO4. The summed E-state index contributed by atoms with van der Waals surface area (Å²) in [6.45, 7) is 0. The Morgan fingerprint density at radius 3 is 2.72 bits per heavy atom. The van der Waals surface area contributed by atoms with Gasteiger partial charge in [0.15, 0.2) is 5.78 Å². The number of aliphatic hydroxyl groups is 2. The quantitative estimate of drug-likeness (QED) is 0.703. The maximum absolute atomic E-state index is 11.6. The van der Waals surface area contributed by atoms with Gasteiger partial charge in [0.25, 0.3) is 0 Å². The summed E-state index contributed by atoms with van der Waals surface area (Å²) in [5.41, 5.74) is 6.94. The second-order valence-corrected chi connectivity index (χ2v) is 4.52. The fraction of sp³-hybridized carbons (Fsp3) is 0.385. The molecule has 4 N–H and O–H groups in total. The lowest BCUT2D eigenvalue weighted by molar-refractivity contribution is -0.121. The minimum atomic E-state index is -1.25. The van der Waals surface area contributed by atoms with E-state index in [4.69, 9.17) is 5.73 Å².